The van der Waals surface area contributed by atoms with Gasteiger partial charge in [-0.05, 0) is 234 Å². The molecule has 10 atom stereocenters. The molecule has 69 heavy (non-hydrogen) atoms. The average molecular weight is 939 g/mol. The zero-order valence-corrected chi connectivity index (χ0v) is 47.2. The van der Waals surface area contributed by atoms with Gasteiger partial charge in [0.2, 0.25) is 0 Å². The minimum absolute atomic E-state index is 0.506. The number of rotatable bonds is 7. The van der Waals surface area contributed by atoms with Crippen LogP contribution >= 0.6 is 0 Å². The van der Waals surface area contributed by atoms with Crippen molar-refractivity contribution in [3.63, 3.8) is 0 Å². The van der Waals surface area contributed by atoms with Crippen LogP contribution in [-0.4, -0.2) is 33.1 Å². The summed E-state index contributed by atoms with van der Waals surface area (Å²) in [5.74, 6) is 8.03. The Kier molecular flexibility index (Phi) is 23.0. The molecule has 382 valence electrons. The van der Waals surface area contributed by atoms with Crippen LogP contribution in [0, 0.1) is 92.8 Å². The van der Waals surface area contributed by atoms with E-state index in [0.29, 0.717) is 16.9 Å². The first-order valence-corrected chi connectivity index (χ1v) is 27.7. The Morgan fingerprint density at radius 2 is 1.03 bits per heavy atom. The molecule has 5 aromatic carbocycles. The largest absolute Gasteiger partial charge is 0.333 e. The molecule has 0 radical (unpaired) electrons. The highest BCUT2D eigenvalue weighted by Crippen LogP contribution is 2.67. The molecule has 6 unspecified atom stereocenters. The Bertz CT molecular complexity index is 2110. The molecular formula is C66H103N3. The first kappa shape index (κ1) is 58.1. The molecule has 4 aliphatic carbocycles. The van der Waals surface area contributed by atoms with E-state index in [0.717, 1.165) is 47.3 Å². The molecule has 0 bridgehead atoms. The smallest absolute Gasteiger partial charge is 0.0316 e. The molecule has 0 heterocycles. The first-order valence-electron chi connectivity index (χ1n) is 27.7. The Morgan fingerprint density at radius 3 is 1.51 bits per heavy atom. The van der Waals surface area contributed by atoms with Gasteiger partial charge in [-0.2, -0.15) is 0 Å². The third-order valence-electron chi connectivity index (χ3n) is 18.4. The van der Waals surface area contributed by atoms with Crippen LogP contribution in [0.3, 0.4) is 0 Å². The molecule has 5 aromatic rings. The van der Waals surface area contributed by atoms with Crippen LogP contribution in [0.5, 0.6) is 0 Å². The highest BCUT2D eigenvalue weighted by Gasteiger charge is 2.59. The van der Waals surface area contributed by atoms with Crippen molar-refractivity contribution in [2.75, 3.05) is 28.2 Å². The molecule has 4 N–H and O–H groups in total. The summed E-state index contributed by atoms with van der Waals surface area (Å²) < 4.78 is 0. The zero-order chi connectivity index (χ0) is 51.1. The van der Waals surface area contributed by atoms with Gasteiger partial charge in [0.1, 0.15) is 0 Å². The molecule has 0 amide bonds. The fraction of sp³-hybridized carbons (Fsp3) is 0.606. The summed E-state index contributed by atoms with van der Waals surface area (Å²) in [4.78, 5) is 2.22. The second kappa shape index (κ2) is 27.4. The first-order chi connectivity index (χ1) is 33.0. The number of hydrogen-bond donors (Lipinski definition) is 2. The monoisotopic (exact) mass is 938 g/mol. The SMILES string of the molecule is CC(C)CCCC(C)[C@H]1CCCC2C3CCC4CC(C)CC[C@]4(C)C3CC[C@@]21C.CN.CN.Cc1cccc2cccc(C)c12.Cc1cccc2cccc(C)c12.Cc1ccccc1[C@@H](C)N(C)C. The molecule has 0 aromatic heterocycles. The number of nitrogens with two attached hydrogens (primary N) is 2. The minimum atomic E-state index is 0.506. The summed E-state index contributed by atoms with van der Waals surface area (Å²) in [6.45, 7) is 28.5. The van der Waals surface area contributed by atoms with Gasteiger partial charge < -0.3 is 16.4 Å². The van der Waals surface area contributed by atoms with Crippen molar-refractivity contribution in [2.24, 2.45) is 69.6 Å². The maximum absolute atomic E-state index is 4.50. The standard InChI is InChI=1S/C29H52.2C12H12.C11H17N.2CH5N/c1-20(2)9-7-10-22(4)25-11-8-12-26-24-14-13-23-19-21(3)15-17-28(23,5)27(24)16-18-29(25,26)6;2*1-9-5-3-7-11-8-4-6-10(2)12(9)11;1-9-7-5-6-8-11(9)10(2)12(3)4;2*1-2/h20-27H,7-19H2,1-6H3;2*3-8H,1-2H3;5-8,10H,1-4H3;2*2H2,1H3/t21?,22?,23?,24?,25-,26?,27?,28+,29-;;;10-;;/m1..1../s1. The summed E-state index contributed by atoms with van der Waals surface area (Å²) in [6.07, 6.45) is 19.8. The van der Waals surface area contributed by atoms with Crippen LogP contribution < -0.4 is 11.5 Å². The number of fused-ring (bicyclic) bond motifs is 7. The lowest BCUT2D eigenvalue weighted by Gasteiger charge is -2.64. The predicted octanol–water partition coefficient (Wildman–Crippen LogP) is 17.8. The maximum Gasteiger partial charge on any atom is 0.0316 e. The van der Waals surface area contributed by atoms with Crippen LogP contribution in [0.25, 0.3) is 21.5 Å². The van der Waals surface area contributed by atoms with Gasteiger partial charge in [-0.1, -0.05) is 171 Å². The van der Waals surface area contributed by atoms with Gasteiger partial charge in [0.05, 0.1) is 0 Å². The highest BCUT2D eigenvalue weighted by atomic mass is 15.1. The Balaban J connectivity index is 0.000000215. The second-order valence-electron chi connectivity index (χ2n) is 23.4. The van der Waals surface area contributed by atoms with E-state index in [4.69, 9.17) is 0 Å². The predicted molar refractivity (Wildman–Crippen MR) is 307 cm³/mol. The number of nitrogens with zero attached hydrogens (tertiary/aromatic N) is 1. The van der Waals surface area contributed by atoms with Gasteiger partial charge in [0, 0.05) is 6.04 Å². The maximum atomic E-state index is 4.50. The van der Waals surface area contributed by atoms with Crippen LogP contribution in [0.4, 0.5) is 0 Å². The summed E-state index contributed by atoms with van der Waals surface area (Å²) in [5.41, 5.74) is 18.6. The Morgan fingerprint density at radius 1 is 0.551 bits per heavy atom. The van der Waals surface area contributed by atoms with Crippen LogP contribution in [0.15, 0.2) is 97.1 Å². The van der Waals surface area contributed by atoms with Gasteiger partial charge in [0.25, 0.3) is 0 Å². The van der Waals surface area contributed by atoms with Crippen molar-refractivity contribution in [1.29, 1.82) is 0 Å². The average Bonchev–Trinajstić information content (AvgIpc) is 3.33. The highest BCUT2D eigenvalue weighted by molar-refractivity contribution is 5.89. The fourth-order valence-electron chi connectivity index (χ4n) is 14.5. The van der Waals surface area contributed by atoms with Crippen molar-refractivity contribution in [2.45, 2.75) is 173 Å². The normalized spacial score (nSPS) is 26.6. The Hall–Kier alpha value is -3.50. The van der Waals surface area contributed by atoms with Gasteiger partial charge in [-0.3, -0.25) is 0 Å². The minimum Gasteiger partial charge on any atom is -0.333 e. The van der Waals surface area contributed by atoms with E-state index in [9.17, 15) is 0 Å². The second-order valence-corrected chi connectivity index (χ2v) is 23.4. The van der Waals surface area contributed by atoms with Crippen molar-refractivity contribution in [3.05, 3.63) is 130 Å². The van der Waals surface area contributed by atoms with Crippen molar-refractivity contribution >= 4 is 21.5 Å². The summed E-state index contributed by atoms with van der Waals surface area (Å²) in [7, 11) is 7.22. The molecule has 3 nitrogen and oxygen atoms in total. The third-order valence-corrected chi connectivity index (χ3v) is 18.4. The number of aryl methyl sites for hydroxylation is 5. The molecule has 9 rings (SSSR count). The van der Waals surface area contributed by atoms with Crippen LogP contribution in [-0.2, 0) is 0 Å². The molecule has 4 fully saturated rings. The van der Waals surface area contributed by atoms with Crippen molar-refractivity contribution < 1.29 is 0 Å². The Labute approximate surface area is 425 Å². The molecule has 0 saturated heterocycles. The van der Waals surface area contributed by atoms with Gasteiger partial charge in [-0.25, -0.2) is 0 Å². The lowest BCUT2D eigenvalue weighted by atomic mass is 9.41. The summed E-state index contributed by atoms with van der Waals surface area (Å²) in [5, 5.41) is 5.49. The quantitative estimate of drug-likeness (QED) is 0.171. The van der Waals surface area contributed by atoms with E-state index in [1.165, 1.54) is 114 Å². The van der Waals surface area contributed by atoms with E-state index in [1.807, 2.05) is 0 Å². The van der Waals surface area contributed by atoms with Gasteiger partial charge in [-0.15, -0.1) is 0 Å². The number of hydrogen-bond acceptors (Lipinski definition) is 3. The van der Waals surface area contributed by atoms with E-state index >= 15 is 0 Å². The van der Waals surface area contributed by atoms with Crippen LogP contribution in [0.2, 0.25) is 0 Å². The molecule has 4 saturated carbocycles. The van der Waals surface area contributed by atoms with E-state index < -0.39 is 0 Å². The number of benzene rings is 5. The van der Waals surface area contributed by atoms with Crippen molar-refractivity contribution in [1.82, 2.24) is 4.90 Å². The molecule has 4 aliphatic rings. The lowest BCUT2D eigenvalue weighted by Crippen LogP contribution is -2.56. The molecule has 0 spiro atoms. The molecule has 0 aliphatic heterocycles. The van der Waals surface area contributed by atoms with E-state index in [-0.39, 0.29) is 0 Å². The molecular weight excluding hydrogens is 835 g/mol. The summed E-state index contributed by atoms with van der Waals surface area (Å²) >= 11 is 0. The van der Waals surface area contributed by atoms with Crippen LogP contribution in [0.1, 0.15) is 171 Å². The summed E-state index contributed by atoms with van der Waals surface area (Å²) in [6, 6.07) is 34.8. The van der Waals surface area contributed by atoms with Gasteiger partial charge >= 0.3 is 0 Å². The molecule has 3 heteroatoms. The van der Waals surface area contributed by atoms with Gasteiger partial charge in [0.15, 0.2) is 0 Å². The fourth-order valence-corrected chi connectivity index (χ4v) is 14.5. The van der Waals surface area contributed by atoms with E-state index in [1.54, 1.807) is 38.5 Å². The zero-order valence-electron chi connectivity index (χ0n) is 47.2. The topological polar surface area (TPSA) is 55.3 Å². The van der Waals surface area contributed by atoms with E-state index in [2.05, 4.69) is 211 Å². The van der Waals surface area contributed by atoms with Crippen molar-refractivity contribution in [3.8, 4) is 0 Å². The third kappa shape index (κ3) is 14.4. The lowest BCUT2D eigenvalue weighted by molar-refractivity contribution is -0.151.